The number of amides is 1. The molecule has 30 heavy (non-hydrogen) atoms. The minimum atomic E-state index is -0.457. The van der Waals surface area contributed by atoms with Gasteiger partial charge in [0.05, 0.1) is 17.6 Å². The summed E-state index contributed by atoms with van der Waals surface area (Å²) in [4.78, 5) is 24.3. The maximum Gasteiger partial charge on any atom is 0.248 e. The van der Waals surface area contributed by atoms with Gasteiger partial charge in [-0.25, -0.2) is 19.6 Å². The van der Waals surface area contributed by atoms with Crippen molar-refractivity contribution in [2.75, 3.05) is 5.32 Å². The van der Waals surface area contributed by atoms with Crippen LogP contribution in [0.3, 0.4) is 0 Å². The molecule has 0 fully saturated rings. The molecule has 5 aromatic rings. The molecule has 3 heterocycles. The average molecular weight is 396 g/mol. The van der Waals surface area contributed by atoms with E-state index in [0.29, 0.717) is 17.0 Å². The molecule has 0 aliphatic rings. The molecule has 0 atom stereocenters. The fourth-order valence-electron chi connectivity index (χ4n) is 3.20. The number of anilines is 2. The number of nitrogens with two attached hydrogens (primary N) is 1. The summed E-state index contributed by atoms with van der Waals surface area (Å²) < 4.78 is 3.63. The Hall–Kier alpha value is -4.53. The molecule has 3 N–H and O–H groups in total. The van der Waals surface area contributed by atoms with E-state index in [1.54, 1.807) is 35.5 Å². The Bertz CT molecular complexity index is 1320. The lowest BCUT2D eigenvalue weighted by Crippen LogP contribution is -2.10. The molecule has 0 saturated heterocycles. The third-order valence-electron chi connectivity index (χ3n) is 4.71. The second kappa shape index (κ2) is 7.13. The van der Waals surface area contributed by atoms with Gasteiger partial charge in [0.15, 0.2) is 11.5 Å². The highest BCUT2D eigenvalue weighted by Gasteiger charge is 2.11. The molecule has 9 nitrogen and oxygen atoms in total. The van der Waals surface area contributed by atoms with Gasteiger partial charge in [-0.2, -0.15) is 5.10 Å². The summed E-state index contributed by atoms with van der Waals surface area (Å²) in [7, 11) is 0. The number of fused-ring (bicyclic) bond motifs is 1. The summed E-state index contributed by atoms with van der Waals surface area (Å²) >= 11 is 0. The molecular weight excluding hydrogens is 380 g/mol. The Morgan fingerprint density at radius 2 is 1.80 bits per heavy atom. The van der Waals surface area contributed by atoms with Crippen molar-refractivity contribution in [1.29, 1.82) is 0 Å². The van der Waals surface area contributed by atoms with Gasteiger partial charge in [0.25, 0.3) is 0 Å². The summed E-state index contributed by atoms with van der Waals surface area (Å²) in [6.45, 7) is 0. The van der Waals surface area contributed by atoms with Crippen LogP contribution in [0.1, 0.15) is 10.4 Å². The fraction of sp³-hybridized carbons (Fsp3) is 0. The number of hydrogen-bond acceptors (Lipinski definition) is 6. The second-order valence-corrected chi connectivity index (χ2v) is 6.57. The average Bonchev–Trinajstić information content (AvgIpc) is 3.47. The predicted molar refractivity (Wildman–Crippen MR) is 112 cm³/mol. The van der Waals surface area contributed by atoms with E-state index >= 15 is 0 Å². The highest BCUT2D eigenvalue weighted by molar-refractivity contribution is 5.93. The molecule has 0 aliphatic heterocycles. The van der Waals surface area contributed by atoms with E-state index < -0.39 is 5.91 Å². The monoisotopic (exact) mass is 396 g/mol. The number of nitrogens with zero attached hydrogens (tertiary/aromatic N) is 6. The maximum atomic E-state index is 11.3. The molecule has 1 amide bonds. The minimum Gasteiger partial charge on any atom is -0.366 e. The first kappa shape index (κ1) is 17.6. The lowest BCUT2D eigenvalue weighted by Gasteiger charge is -2.11. The lowest BCUT2D eigenvalue weighted by molar-refractivity contribution is 0.100. The summed E-state index contributed by atoms with van der Waals surface area (Å²) in [6.07, 6.45) is 8.49. The zero-order valence-electron chi connectivity index (χ0n) is 15.7. The van der Waals surface area contributed by atoms with Gasteiger partial charge >= 0.3 is 0 Å². The quantitative estimate of drug-likeness (QED) is 0.472. The number of rotatable bonds is 5. The van der Waals surface area contributed by atoms with Crippen LogP contribution in [0.5, 0.6) is 0 Å². The second-order valence-electron chi connectivity index (χ2n) is 6.57. The zero-order chi connectivity index (χ0) is 20.5. The van der Waals surface area contributed by atoms with Gasteiger partial charge in [0.1, 0.15) is 12.7 Å². The number of benzene rings is 2. The molecule has 0 radical (unpaired) electrons. The van der Waals surface area contributed by atoms with Crippen LogP contribution in [0.15, 0.2) is 79.8 Å². The van der Waals surface area contributed by atoms with Gasteiger partial charge in [0, 0.05) is 29.2 Å². The van der Waals surface area contributed by atoms with Gasteiger partial charge in [-0.3, -0.25) is 9.20 Å². The van der Waals surface area contributed by atoms with Crippen molar-refractivity contribution in [3.8, 4) is 16.9 Å². The standard InChI is InChI=1S/C21H16N8O/c22-19(30)15-3-1-14(2-4-15)18-11-25-20(21-24-9-10-28(18)21)27-16-5-7-17(8-6-16)29-13-23-12-26-29/h1-13H,(H2,22,30)(H,25,27). The number of carbonyl (C=O) groups is 1. The number of nitrogens with one attached hydrogen (secondary N) is 1. The fourth-order valence-corrected chi connectivity index (χ4v) is 3.20. The summed E-state index contributed by atoms with van der Waals surface area (Å²) in [5.41, 5.74) is 10.0. The number of primary amides is 1. The molecule has 0 spiro atoms. The molecular formula is C21H16N8O. The van der Waals surface area contributed by atoms with Crippen LogP contribution < -0.4 is 11.1 Å². The molecule has 0 aliphatic carbocycles. The van der Waals surface area contributed by atoms with E-state index in [9.17, 15) is 4.79 Å². The largest absolute Gasteiger partial charge is 0.366 e. The van der Waals surface area contributed by atoms with Gasteiger partial charge < -0.3 is 11.1 Å². The van der Waals surface area contributed by atoms with E-state index in [0.717, 1.165) is 22.6 Å². The van der Waals surface area contributed by atoms with E-state index in [1.165, 1.54) is 6.33 Å². The third-order valence-corrected chi connectivity index (χ3v) is 4.71. The van der Waals surface area contributed by atoms with Crippen LogP contribution in [-0.4, -0.2) is 35.0 Å². The van der Waals surface area contributed by atoms with E-state index in [1.807, 2.05) is 47.0 Å². The summed E-state index contributed by atoms with van der Waals surface area (Å²) in [6, 6.07) is 14.8. The minimum absolute atomic E-state index is 0.457. The Morgan fingerprint density at radius 3 is 2.50 bits per heavy atom. The number of hydrogen-bond donors (Lipinski definition) is 2. The number of aromatic nitrogens is 6. The lowest BCUT2D eigenvalue weighted by atomic mass is 10.1. The molecule has 146 valence electrons. The Morgan fingerprint density at radius 1 is 1.00 bits per heavy atom. The van der Waals surface area contributed by atoms with Gasteiger partial charge in [-0.15, -0.1) is 0 Å². The number of carbonyl (C=O) groups excluding carboxylic acids is 1. The van der Waals surface area contributed by atoms with Crippen LogP contribution >= 0.6 is 0 Å². The highest BCUT2D eigenvalue weighted by Crippen LogP contribution is 2.26. The first-order valence-corrected chi connectivity index (χ1v) is 9.13. The highest BCUT2D eigenvalue weighted by atomic mass is 16.1. The van der Waals surface area contributed by atoms with Gasteiger partial charge in [-0.05, 0) is 36.4 Å². The molecule has 0 unspecified atom stereocenters. The van der Waals surface area contributed by atoms with Crippen LogP contribution in [0, 0.1) is 0 Å². The number of imidazole rings is 1. The Kier molecular flexibility index (Phi) is 4.18. The van der Waals surface area contributed by atoms with Gasteiger partial charge in [0.2, 0.25) is 5.91 Å². The van der Waals surface area contributed by atoms with Crippen molar-refractivity contribution in [3.63, 3.8) is 0 Å². The summed E-state index contributed by atoms with van der Waals surface area (Å²) in [5, 5.41) is 7.43. The molecule has 0 bridgehead atoms. The van der Waals surface area contributed by atoms with Crippen molar-refractivity contribution in [2.24, 2.45) is 5.73 Å². The first-order chi connectivity index (χ1) is 14.7. The Labute approximate surface area is 170 Å². The SMILES string of the molecule is NC(=O)c1ccc(-c2cnc(Nc3ccc(-n4cncn4)cc3)c3nccn23)cc1. The molecule has 2 aromatic carbocycles. The van der Waals surface area contributed by atoms with E-state index in [-0.39, 0.29) is 0 Å². The summed E-state index contributed by atoms with van der Waals surface area (Å²) in [5.74, 6) is 0.174. The molecule has 5 rings (SSSR count). The van der Waals surface area contributed by atoms with Crippen molar-refractivity contribution >= 4 is 23.1 Å². The van der Waals surface area contributed by atoms with Crippen LogP contribution in [0.25, 0.3) is 22.6 Å². The molecule has 9 heteroatoms. The van der Waals surface area contributed by atoms with Crippen LogP contribution in [0.2, 0.25) is 0 Å². The first-order valence-electron chi connectivity index (χ1n) is 9.13. The van der Waals surface area contributed by atoms with Crippen LogP contribution in [-0.2, 0) is 0 Å². The van der Waals surface area contributed by atoms with E-state index in [4.69, 9.17) is 5.73 Å². The smallest absolute Gasteiger partial charge is 0.248 e. The van der Waals surface area contributed by atoms with E-state index in [2.05, 4.69) is 25.4 Å². The van der Waals surface area contributed by atoms with Crippen molar-refractivity contribution in [1.82, 2.24) is 29.1 Å². The topological polar surface area (TPSA) is 116 Å². The van der Waals surface area contributed by atoms with Crippen LogP contribution in [0.4, 0.5) is 11.5 Å². The van der Waals surface area contributed by atoms with Gasteiger partial charge in [-0.1, -0.05) is 12.1 Å². The zero-order valence-corrected chi connectivity index (χ0v) is 15.7. The van der Waals surface area contributed by atoms with Crippen molar-refractivity contribution < 1.29 is 4.79 Å². The maximum absolute atomic E-state index is 11.3. The Balaban J connectivity index is 1.46. The molecule has 3 aromatic heterocycles. The van der Waals surface area contributed by atoms with Crippen molar-refractivity contribution in [3.05, 3.63) is 85.3 Å². The van der Waals surface area contributed by atoms with Crippen molar-refractivity contribution in [2.45, 2.75) is 0 Å². The predicted octanol–water partition coefficient (Wildman–Crippen LogP) is 2.82. The third kappa shape index (κ3) is 3.14. The molecule has 0 saturated carbocycles. The normalized spacial score (nSPS) is 10.9.